The zero-order valence-corrected chi connectivity index (χ0v) is 19.3. The van der Waals surface area contributed by atoms with Crippen molar-refractivity contribution in [3.8, 4) is 10.6 Å². The van der Waals surface area contributed by atoms with Crippen LogP contribution in [0.4, 0.5) is 4.79 Å². The number of amides is 2. The van der Waals surface area contributed by atoms with Gasteiger partial charge in [-0.25, -0.2) is 9.78 Å². The van der Waals surface area contributed by atoms with E-state index in [1.807, 2.05) is 55.3 Å². The highest BCUT2D eigenvalue weighted by molar-refractivity contribution is 9.10. The predicted molar refractivity (Wildman–Crippen MR) is 118 cm³/mol. The van der Waals surface area contributed by atoms with Crippen LogP contribution in [0.2, 0.25) is 0 Å². The van der Waals surface area contributed by atoms with E-state index in [1.54, 1.807) is 11.3 Å². The molecule has 6 nitrogen and oxygen atoms in total. The Kier molecular flexibility index (Phi) is 6.95. The Bertz CT molecular complexity index is 870. The van der Waals surface area contributed by atoms with Crippen LogP contribution < -0.4 is 5.32 Å². The van der Waals surface area contributed by atoms with Gasteiger partial charge in [0.05, 0.1) is 12.1 Å². The molecule has 0 aliphatic carbocycles. The summed E-state index contributed by atoms with van der Waals surface area (Å²) in [4.78, 5) is 31.0. The van der Waals surface area contributed by atoms with Gasteiger partial charge in [-0.1, -0.05) is 28.1 Å². The van der Waals surface area contributed by atoms with Gasteiger partial charge in [0.25, 0.3) is 0 Å². The number of halogens is 1. The second-order valence-corrected chi connectivity index (χ2v) is 9.91. The second kappa shape index (κ2) is 9.26. The Morgan fingerprint density at radius 3 is 2.69 bits per heavy atom. The molecule has 0 unspecified atom stereocenters. The molecule has 3 rings (SSSR count). The highest BCUT2D eigenvalue weighted by Gasteiger charge is 2.26. The van der Waals surface area contributed by atoms with E-state index in [9.17, 15) is 9.59 Å². The SMILES string of the molecule is CC(C)(C)OC(=O)NC1CCN(C(=O)Cc2csc(-c3cccc(Br)c3)n2)CC1. The molecule has 29 heavy (non-hydrogen) atoms. The van der Waals surface area contributed by atoms with Crippen molar-refractivity contribution >= 4 is 39.3 Å². The fourth-order valence-electron chi connectivity index (χ4n) is 3.16. The van der Waals surface area contributed by atoms with E-state index in [1.165, 1.54) is 0 Å². The molecule has 1 aliphatic heterocycles. The number of alkyl carbamates (subject to hydrolysis) is 1. The van der Waals surface area contributed by atoms with E-state index < -0.39 is 11.7 Å². The Balaban J connectivity index is 1.48. The quantitative estimate of drug-likeness (QED) is 0.693. The first kappa shape index (κ1) is 21.8. The number of nitrogens with zero attached hydrogens (tertiary/aromatic N) is 2. The van der Waals surface area contributed by atoms with Gasteiger partial charge in [0.2, 0.25) is 5.91 Å². The van der Waals surface area contributed by atoms with Crippen LogP contribution >= 0.6 is 27.3 Å². The molecule has 156 valence electrons. The summed E-state index contributed by atoms with van der Waals surface area (Å²) >= 11 is 5.02. The average Bonchev–Trinajstić information content (AvgIpc) is 3.09. The van der Waals surface area contributed by atoms with Crippen LogP contribution in [0.25, 0.3) is 10.6 Å². The van der Waals surface area contributed by atoms with Gasteiger partial charge >= 0.3 is 6.09 Å². The molecular formula is C21H26BrN3O3S. The van der Waals surface area contributed by atoms with E-state index >= 15 is 0 Å². The summed E-state index contributed by atoms with van der Waals surface area (Å²) in [6.07, 6.45) is 1.36. The first-order valence-electron chi connectivity index (χ1n) is 9.67. The predicted octanol–water partition coefficient (Wildman–Crippen LogP) is 4.63. The number of ether oxygens (including phenoxy) is 1. The first-order valence-corrected chi connectivity index (χ1v) is 11.3. The zero-order valence-electron chi connectivity index (χ0n) is 16.9. The lowest BCUT2D eigenvalue weighted by Gasteiger charge is -2.32. The van der Waals surface area contributed by atoms with Crippen LogP contribution in [0.15, 0.2) is 34.1 Å². The van der Waals surface area contributed by atoms with Crippen molar-refractivity contribution < 1.29 is 14.3 Å². The molecule has 0 radical (unpaired) electrons. The highest BCUT2D eigenvalue weighted by atomic mass is 79.9. The number of rotatable bonds is 4. The summed E-state index contributed by atoms with van der Waals surface area (Å²) < 4.78 is 6.30. The molecule has 1 aromatic heterocycles. The number of carbonyl (C=O) groups is 2. The third kappa shape index (κ3) is 6.54. The summed E-state index contributed by atoms with van der Waals surface area (Å²) in [5.74, 6) is 0.0758. The molecule has 2 aromatic rings. The minimum Gasteiger partial charge on any atom is -0.444 e. The smallest absolute Gasteiger partial charge is 0.407 e. The van der Waals surface area contributed by atoms with Crippen LogP contribution in [-0.2, 0) is 16.0 Å². The average molecular weight is 480 g/mol. The third-order valence-electron chi connectivity index (χ3n) is 4.52. The molecule has 0 spiro atoms. The lowest BCUT2D eigenvalue weighted by Crippen LogP contribution is -2.48. The summed E-state index contributed by atoms with van der Waals surface area (Å²) in [5.41, 5.74) is 1.32. The Morgan fingerprint density at radius 2 is 2.03 bits per heavy atom. The van der Waals surface area contributed by atoms with Crippen LogP contribution in [0.1, 0.15) is 39.3 Å². The molecule has 0 atom stereocenters. The lowest BCUT2D eigenvalue weighted by molar-refractivity contribution is -0.131. The van der Waals surface area contributed by atoms with E-state index in [0.29, 0.717) is 19.5 Å². The van der Waals surface area contributed by atoms with Gasteiger partial charge < -0.3 is 15.0 Å². The summed E-state index contributed by atoms with van der Waals surface area (Å²) in [6.45, 7) is 6.78. The number of thiazole rings is 1. The van der Waals surface area contributed by atoms with Gasteiger partial charge in [-0.05, 0) is 45.7 Å². The summed E-state index contributed by atoms with van der Waals surface area (Å²) in [7, 11) is 0. The van der Waals surface area contributed by atoms with Crippen LogP contribution in [0.3, 0.4) is 0 Å². The maximum Gasteiger partial charge on any atom is 0.407 e. The van der Waals surface area contributed by atoms with Crippen LogP contribution in [0.5, 0.6) is 0 Å². The van der Waals surface area contributed by atoms with Crippen molar-refractivity contribution in [2.45, 2.75) is 51.7 Å². The summed E-state index contributed by atoms with van der Waals surface area (Å²) in [5, 5.41) is 5.76. The molecule has 1 N–H and O–H groups in total. The standard InChI is InChI=1S/C21H26BrN3O3S/c1-21(2,3)28-20(27)24-16-7-9-25(10-8-16)18(26)12-17-13-29-19(23-17)14-5-4-6-15(22)11-14/h4-6,11,13,16H,7-10,12H2,1-3H3,(H,24,27). The van der Waals surface area contributed by atoms with Gasteiger partial charge in [0, 0.05) is 34.5 Å². The van der Waals surface area contributed by atoms with Gasteiger partial charge in [0.1, 0.15) is 10.6 Å². The maximum atomic E-state index is 12.7. The fourth-order valence-corrected chi connectivity index (χ4v) is 4.37. The number of aromatic nitrogens is 1. The van der Waals surface area contributed by atoms with Crippen LogP contribution in [0, 0.1) is 0 Å². The highest BCUT2D eigenvalue weighted by Crippen LogP contribution is 2.26. The van der Waals surface area contributed by atoms with Gasteiger partial charge in [-0.3, -0.25) is 4.79 Å². The molecule has 8 heteroatoms. The zero-order chi connectivity index (χ0) is 21.0. The first-order chi connectivity index (χ1) is 13.7. The van der Waals surface area contributed by atoms with Crippen molar-refractivity contribution in [3.05, 3.63) is 39.8 Å². The van der Waals surface area contributed by atoms with Gasteiger partial charge in [0.15, 0.2) is 0 Å². The number of nitrogens with one attached hydrogen (secondary N) is 1. The number of hydrogen-bond donors (Lipinski definition) is 1. The number of benzene rings is 1. The number of carbonyl (C=O) groups excluding carboxylic acids is 2. The fraction of sp³-hybridized carbons (Fsp3) is 0.476. The maximum absolute atomic E-state index is 12.7. The minimum atomic E-state index is -0.511. The Morgan fingerprint density at radius 1 is 1.31 bits per heavy atom. The third-order valence-corrected chi connectivity index (χ3v) is 5.96. The molecule has 2 heterocycles. The molecule has 1 fully saturated rings. The summed E-state index contributed by atoms with van der Waals surface area (Å²) in [6, 6.07) is 8.02. The second-order valence-electron chi connectivity index (χ2n) is 8.13. The molecule has 2 amide bonds. The number of likely N-dealkylation sites (tertiary alicyclic amines) is 1. The van der Waals surface area contributed by atoms with Crippen molar-refractivity contribution in [2.24, 2.45) is 0 Å². The van der Waals surface area contributed by atoms with E-state index in [4.69, 9.17) is 4.74 Å². The van der Waals surface area contributed by atoms with E-state index in [0.717, 1.165) is 33.6 Å². The number of hydrogen-bond acceptors (Lipinski definition) is 5. The van der Waals surface area contributed by atoms with Crippen LogP contribution in [-0.4, -0.2) is 46.6 Å². The largest absolute Gasteiger partial charge is 0.444 e. The molecule has 1 saturated heterocycles. The normalized spacial score (nSPS) is 15.2. The van der Waals surface area contributed by atoms with Crippen molar-refractivity contribution in [1.82, 2.24) is 15.2 Å². The van der Waals surface area contributed by atoms with Crippen molar-refractivity contribution in [1.29, 1.82) is 0 Å². The Hall–Kier alpha value is -1.93. The monoisotopic (exact) mass is 479 g/mol. The Labute approximate surface area is 183 Å². The van der Waals surface area contributed by atoms with Gasteiger partial charge in [-0.15, -0.1) is 11.3 Å². The molecule has 1 aromatic carbocycles. The lowest BCUT2D eigenvalue weighted by atomic mass is 10.0. The topological polar surface area (TPSA) is 71.5 Å². The molecular weight excluding hydrogens is 454 g/mol. The molecule has 0 saturated carbocycles. The number of piperidine rings is 1. The molecule has 0 bridgehead atoms. The minimum absolute atomic E-state index is 0.0382. The van der Waals surface area contributed by atoms with Gasteiger partial charge in [-0.2, -0.15) is 0 Å². The van der Waals surface area contributed by atoms with E-state index in [-0.39, 0.29) is 11.9 Å². The molecule has 1 aliphatic rings. The van der Waals surface area contributed by atoms with E-state index in [2.05, 4.69) is 26.2 Å². The van der Waals surface area contributed by atoms with Crippen molar-refractivity contribution in [3.63, 3.8) is 0 Å². The van der Waals surface area contributed by atoms with Crippen molar-refractivity contribution in [2.75, 3.05) is 13.1 Å².